The first kappa shape index (κ1) is 18.6. The largest absolute Gasteiger partial charge is 0.464 e. The highest BCUT2D eigenvalue weighted by Gasteiger charge is 2.21. The third-order valence-electron chi connectivity index (χ3n) is 7.05. The van der Waals surface area contributed by atoms with Crippen molar-refractivity contribution in [3.63, 3.8) is 0 Å². The number of benzene rings is 5. The van der Waals surface area contributed by atoms with Gasteiger partial charge in [0.25, 0.3) is 0 Å². The Morgan fingerprint density at radius 3 is 1.83 bits per heavy atom. The normalized spacial score (nSPS) is 12.0. The molecule has 3 aromatic heterocycles. The summed E-state index contributed by atoms with van der Waals surface area (Å²) < 4.78 is 18.0. The van der Waals surface area contributed by atoms with Crippen molar-refractivity contribution >= 4 is 43.3 Å². The van der Waals surface area contributed by atoms with Gasteiger partial charge in [-0.15, -0.1) is 0 Å². The summed E-state index contributed by atoms with van der Waals surface area (Å²) in [6.45, 7) is 0. The lowest BCUT2D eigenvalue weighted by molar-refractivity contribution is 0.582. The van der Waals surface area contributed by atoms with Crippen LogP contribution in [0.2, 0.25) is 0 Å². The van der Waals surface area contributed by atoms with Crippen LogP contribution in [0.25, 0.3) is 77.3 Å². The highest BCUT2D eigenvalue weighted by Crippen LogP contribution is 2.46. The van der Waals surface area contributed by atoms with Crippen LogP contribution in [-0.2, 0) is 0 Å². The molecule has 3 heterocycles. The van der Waals surface area contributed by atoms with Crippen molar-refractivity contribution in [2.75, 3.05) is 0 Å². The molecule has 0 aliphatic carbocycles. The first-order valence-electron chi connectivity index (χ1n) is 11.7. The van der Waals surface area contributed by atoms with Crippen molar-refractivity contribution in [1.82, 2.24) is 0 Å². The molecule has 0 saturated heterocycles. The zero-order chi connectivity index (χ0) is 22.9. The molecule has 0 radical (unpaired) electrons. The van der Waals surface area contributed by atoms with E-state index in [0.717, 1.165) is 55.7 Å². The van der Waals surface area contributed by atoms with E-state index in [1.807, 2.05) is 42.5 Å². The average molecular weight is 450 g/mol. The monoisotopic (exact) mass is 450 g/mol. The first-order chi connectivity index (χ1) is 17.3. The van der Waals surface area contributed by atoms with Crippen LogP contribution >= 0.6 is 0 Å². The SMILES string of the molecule is c1coc(-c2ccc3ccc4c(-c5ccco5)cc(-c5cc6ccccc6o5)c5ccc2c3c45)c1. The second kappa shape index (κ2) is 6.87. The van der Waals surface area contributed by atoms with Gasteiger partial charge < -0.3 is 13.3 Å². The number of para-hydroxylation sites is 1. The van der Waals surface area contributed by atoms with Crippen molar-refractivity contribution in [3.8, 4) is 34.0 Å². The Kier molecular flexibility index (Phi) is 3.66. The maximum absolute atomic E-state index is 6.35. The van der Waals surface area contributed by atoms with Crippen LogP contribution in [0.3, 0.4) is 0 Å². The molecule has 0 spiro atoms. The van der Waals surface area contributed by atoms with Crippen LogP contribution in [0.15, 0.2) is 123 Å². The summed E-state index contributed by atoms with van der Waals surface area (Å²) in [6.07, 6.45) is 3.45. The Balaban J connectivity index is 1.56. The van der Waals surface area contributed by atoms with Gasteiger partial charge in [-0.1, -0.05) is 48.5 Å². The van der Waals surface area contributed by atoms with Crippen molar-refractivity contribution < 1.29 is 13.3 Å². The third-order valence-corrected chi connectivity index (χ3v) is 7.05. The summed E-state index contributed by atoms with van der Waals surface area (Å²) >= 11 is 0. The van der Waals surface area contributed by atoms with Gasteiger partial charge in [-0.3, -0.25) is 0 Å². The maximum atomic E-state index is 6.35. The van der Waals surface area contributed by atoms with Crippen LogP contribution in [0.5, 0.6) is 0 Å². The Hall–Kier alpha value is -4.76. The fourth-order valence-corrected chi connectivity index (χ4v) is 5.50. The highest BCUT2D eigenvalue weighted by molar-refractivity contribution is 6.29. The summed E-state index contributed by atoms with van der Waals surface area (Å²) in [5, 5.41) is 8.20. The van der Waals surface area contributed by atoms with E-state index in [-0.39, 0.29) is 0 Å². The third kappa shape index (κ3) is 2.61. The molecule has 0 bridgehead atoms. The van der Waals surface area contributed by atoms with Crippen LogP contribution in [0, 0.1) is 0 Å². The molecule has 0 saturated carbocycles. The molecule has 8 rings (SSSR count). The fourth-order valence-electron chi connectivity index (χ4n) is 5.50. The van der Waals surface area contributed by atoms with E-state index >= 15 is 0 Å². The maximum Gasteiger partial charge on any atom is 0.136 e. The Morgan fingerprint density at radius 2 is 1.09 bits per heavy atom. The van der Waals surface area contributed by atoms with Gasteiger partial charge in [0.2, 0.25) is 0 Å². The number of furan rings is 3. The Morgan fingerprint density at radius 1 is 0.429 bits per heavy atom. The van der Waals surface area contributed by atoms with E-state index < -0.39 is 0 Å². The van der Waals surface area contributed by atoms with Crippen molar-refractivity contribution in [2.45, 2.75) is 0 Å². The Bertz CT molecular complexity index is 1950. The lowest BCUT2D eigenvalue weighted by Gasteiger charge is -2.17. The lowest BCUT2D eigenvalue weighted by Crippen LogP contribution is -1.91. The van der Waals surface area contributed by atoms with E-state index in [9.17, 15) is 0 Å². The summed E-state index contributed by atoms with van der Waals surface area (Å²) in [5.74, 6) is 2.56. The van der Waals surface area contributed by atoms with Crippen LogP contribution in [0.4, 0.5) is 0 Å². The highest BCUT2D eigenvalue weighted by atomic mass is 16.3. The van der Waals surface area contributed by atoms with Gasteiger partial charge in [-0.25, -0.2) is 0 Å². The number of rotatable bonds is 3. The number of hydrogen-bond acceptors (Lipinski definition) is 3. The minimum Gasteiger partial charge on any atom is -0.464 e. The molecule has 5 aromatic carbocycles. The van der Waals surface area contributed by atoms with Crippen LogP contribution < -0.4 is 0 Å². The zero-order valence-corrected chi connectivity index (χ0v) is 18.6. The van der Waals surface area contributed by atoms with Gasteiger partial charge in [-0.05, 0) is 80.8 Å². The molecule has 0 atom stereocenters. The van der Waals surface area contributed by atoms with Gasteiger partial charge >= 0.3 is 0 Å². The van der Waals surface area contributed by atoms with E-state index in [1.54, 1.807) is 12.5 Å². The molecule has 3 nitrogen and oxygen atoms in total. The summed E-state index contributed by atoms with van der Waals surface area (Å²) in [4.78, 5) is 0. The molecule has 3 heteroatoms. The smallest absolute Gasteiger partial charge is 0.136 e. The summed E-state index contributed by atoms with van der Waals surface area (Å²) in [5.41, 5.74) is 4.08. The predicted molar refractivity (Wildman–Crippen MR) is 141 cm³/mol. The summed E-state index contributed by atoms with van der Waals surface area (Å²) in [6, 6.07) is 33.5. The summed E-state index contributed by atoms with van der Waals surface area (Å²) in [7, 11) is 0. The van der Waals surface area contributed by atoms with E-state index in [1.165, 1.54) is 21.5 Å². The van der Waals surface area contributed by atoms with Gasteiger partial charge in [0, 0.05) is 22.1 Å². The molecular weight excluding hydrogens is 432 g/mol. The predicted octanol–water partition coefficient (Wildman–Crippen LogP) is 9.52. The minimum atomic E-state index is 0.839. The fraction of sp³-hybridized carbons (Fsp3) is 0. The van der Waals surface area contributed by atoms with Crippen molar-refractivity contribution in [3.05, 3.63) is 110 Å². The van der Waals surface area contributed by atoms with E-state index in [2.05, 4.69) is 54.6 Å². The zero-order valence-electron chi connectivity index (χ0n) is 18.6. The average Bonchev–Trinajstić information content (AvgIpc) is 3.68. The first-order valence-corrected chi connectivity index (χ1v) is 11.7. The van der Waals surface area contributed by atoms with Crippen LogP contribution in [0.1, 0.15) is 0 Å². The van der Waals surface area contributed by atoms with Crippen molar-refractivity contribution in [1.29, 1.82) is 0 Å². The van der Waals surface area contributed by atoms with Gasteiger partial charge in [0.05, 0.1) is 12.5 Å². The molecule has 164 valence electrons. The number of hydrogen-bond donors (Lipinski definition) is 0. The topological polar surface area (TPSA) is 39.4 Å². The van der Waals surface area contributed by atoms with Gasteiger partial charge in [0.1, 0.15) is 22.9 Å². The van der Waals surface area contributed by atoms with Gasteiger partial charge in [-0.2, -0.15) is 0 Å². The van der Waals surface area contributed by atoms with E-state index in [4.69, 9.17) is 13.3 Å². The molecule has 0 N–H and O–H groups in total. The molecule has 35 heavy (non-hydrogen) atoms. The van der Waals surface area contributed by atoms with Crippen molar-refractivity contribution in [2.24, 2.45) is 0 Å². The second-order valence-corrected chi connectivity index (χ2v) is 8.93. The Labute approximate surface area is 200 Å². The minimum absolute atomic E-state index is 0.839. The molecule has 0 unspecified atom stereocenters. The number of fused-ring (bicyclic) bond motifs is 1. The van der Waals surface area contributed by atoms with Crippen LogP contribution in [-0.4, -0.2) is 0 Å². The molecular formula is C32H18O3. The quantitative estimate of drug-likeness (QED) is 0.252. The molecule has 0 aliphatic heterocycles. The van der Waals surface area contributed by atoms with Gasteiger partial charge in [0.15, 0.2) is 0 Å². The molecule has 8 aromatic rings. The standard InChI is InChI=1S/C32H18O3/c1-2-6-27-20(5-1)17-30(35-27)26-18-25(29-8-4-16-34-29)23-12-10-19-9-11-21(28-7-3-15-33-28)22-13-14-24(26)32(23)31(19)22/h1-18H. The molecule has 0 aliphatic rings. The lowest BCUT2D eigenvalue weighted by atomic mass is 9.86. The van der Waals surface area contributed by atoms with E-state index in [0.29, 0.717) is 0 Å². The molecule has 0 fully saturated rings. The molecule has 0 amide bonds. The second-order valence-electron chi connectivity index (χ2n) is 8.93.